The molecular weight excluding hydrogens is 278 g/mol. The van der Waals surface area contributed by atoms with E-state index >= 15 is 0 Å². The third-order valence-electron chi connectivity index (χ3n) is 5.17. The van der Waals surface area contributed by atoms with E-state index in [1.54, 1.807) is 0 Å². The highest BCUT2D eigenvalue weighted by atomic mass is 15.1. The fourth-order valence-electron chi connectivity index (χ4n) is 3.67. The molecule has 23 heavy (non-hydrogen) atoms. The Morgan fingerprint density at radius 3 is 2.39 bits per heavy atom. The number of aryl methyl sites for hydroxylation is 2. The lowest BCUT2D eigenvalue weighted by Crippen LogP contribution is -2.22. The van der Waals surface area contributed by atoms with Crippen molar-refractivity contribution in [2.24, 2.45) is 0 Å². The number of rotatable bonds is 6. The van der Waals surface area contributed by atoms with Gasteiger partial charge in [-0.1, -0.05) is 61.0 Å². The summed E-state index contributed by atoms with van der Waals surface area (Å²) in [6.45, 7) is 8.20. The van der Waals surface area contributed by atoms with Gasteiger partial charge in [-0.15, -0.1) is 0 Å². The van der Waals surface area contributed by atoms with Crippen LogP contribution in [0.3, 0.4) is 0 Å². The molecule has 0 aliphatic carbocycles. The molecular formula is C22H29N. The summed E-state index contributed by atoms with van der Waals surface area (Å²) in [6, 6.07) is 18.3. The first-order valence-electron chi connectivity index (χ1n) is 9.14. The zero-order valence-electron chi connectivity index (χ0n) is 14.6. The Bertz CT molecular complexity index is 608. The molecule has 0 aromatic heterocycles. The maximum absolute atomic E-state index is 2.63. The van der Waals surface area contributed by atoms with E-state index in [0.29, 0.717) is 5.92 Å². The summed E-state index contributed by atoms with van der Waals surface area (Å²) >= 11 is 0. The van der Waals surface area contributed by atoms with Crippen LogP contribution >= 0.6 is 0 Å². The molecule has 2 aromatic rings. The van der Waals surface area contributed by atoms with Gasteiger partial charge in [0.25, 0.3) is 0 Å². The minimum absolute atomic E-state index is 0.516. The van der Waals surface area contributed by atoms with E-state index < -0.39 is 0 Å². The van der Waals surface area contributed by atoms with Crippen LogP contribution in [0.1, 0.15) is 54.4 Å². The number of nitrogens with zero attached hydrogens (tertiary/aromatic N) is 1. The van der Waals surface area contributed by atoms with Crippen molar-refractivity contribution >= 4 is 0 Å². The topological polar surface area (TPSA) is 3.24 Å². The average molecular weight is 307 g/mol. The number of benzene rings is 2. The van der Waals surface area contributed by atoms with E-state index in [1.807, 2.05) is 0 Å². The van der Waals surface area contributed by atoms with Crippen LogP contribution in [0.15, 0.2) is 48.5 Å². The van der Waals surface area contributed by atoms with Crippen LogP contribution < -0.4 is 0 Å². The third kappa shape index (κ3) is 4.23. The standard InChI is InChI=1S/C22H29N/c1-3-19-7-6-8-21(17-19)22(13-16-23-14-4-5-15-23)20-11-9-18(2)10-12-20/h6-12,17,22H,3-5,13-16H2,1-2H3/t22-/m0/s1. The highest BCUT2D eigenvalue weighted by Gasteiger charge is 2.18. The van der Waals surface area contributed by atoms with Crippen molar-refractivity contribution in [2.75, 3.05) is 19.6 Å². The van der Waals surface area contributed by atoms with Gasteiger partial charge in [0.2, 0.25) is 0 Å². The minimum atomic E-state index is 0.516. The van der Waals surface area contributed by atoms with Crippen LogP contribution in [0.25, 0.3) is 0 Å². The molecule has 0 radical (unpaired) electrons. The Morgan fingerprint density at radius 1 is 0.957 bits per heavy atom. The molecule has 1 aliphatic heterocycles. The van der Waals surface area contributed by atoms with Gasteiger partial charge in [0.1, 0.15) is 0 Å². The van der Waals surface area contributed by atoms with E-state index in [-0.39, 0.29) is 0 Å². The fraction of sp³-hybridized carbons (Fsp3) is 0.455. The van der Waals surface area contributed by atoms with Crippen molar-refractivity contribution in [3.05, 3.63) is 70.8 Å². The summed E-state index contributed by atoms with van der Waals surface area (Å²) in [4.78, 5) is 2.63. The predicted octanol–water partition coefficient (Wildman–Crippen LogP) is 5.18. The molecule has 2 aromatic carbocycles. The Hall–Kier alpha value is -1.60. The minimum Gasteiger partial charge on any atom is -0.303 e. The van der Waals surface area contributed by atoms with Crippen LogP contribution in [-0.4, -0.2) is 24.5 Å². The van der Waals surface area contributed by atoms with Gasteiger partial charge in [-0.25, -0.2) is 0 Å². The number of likely N-dealkylation sites (tertiary alicyclic amines) is 1. The summed E-state index contributed by atoms with van der Waals surface area (Å²) in [5.74, 6) is 0.516. The molecule has 1 aliphatic rings. The van der Waals surface area contributed by atoms with Crippen molar-refractivity contribution in [3.8, 4) is 0 Å². The van der Waals surface area contributed by atoms with E-state index in [1.165, 1.54) is 61.2 Å². The molecule has 0 amide bonds. The van der Waals surface area contributed by atoms with Crippen molar-refractivity contribution in [1.82, 2.24) is 4.90 Å². The largest absolute Gasteiger partial charge is 0.303 e. The van der Waals surface area contributed by atoms with Crippen LogP contribution in [-0.2, 0) is 6.42 Å². The Kier molecular flexibility index (Phi) is 5.51. The number of hydrogen-bond donors (Lipinski definition) is 0. The lowest BCUT2D eigenvalue weighted by molar-refractivity contribution is 0.327. The van der Waals surface area contributed by atoms with Crippen molar-refractivity contribution in [2.45, 2.75) is 45.4 Å². The maximum Gasteiger partial charge on any atom is 0.0102 e. The Balaban J connectivity index is 1.83. The first-order chi connectivity index (χ1) is 11.3. The van der Waals surface area contributed by atoms with Crippen LogP contribution in [0.4, 0.5) is 0 Å². The molecule has 0 unspecified atom stereocenters. The Labute approximate surface area is 141 Å². The van der Waals surface area contributed by atoms with Crippen LogP contribution in [0.5, 0.6) is 0 Å². The van der Waals surface area contributed by atoms with E-state index in [4.69, 9.17) is 0 Å². The summed E-state index contributed by atoms with van der Waals surface area (Å²) in [5.41, 5.74) is 5.73. The van der Waals surface area contributed by atoms with E-state index in [0.717, 1.165) is 6.42 Å². The van der Waals surface area contributed by atoms with E-state index in [9.17, 15) is 0 Å². The number of hydrogen-bond acceptors (Lipinski definition) is 1. The quantitative estimate of drug-likeness (QED) is 0.711. The molecule has 1 nitrogen and oxygen atoms in total. The zero-order valence-corrected chi connectivity index (χ0v) is 14.6. The monoisotopic (exact) mass is 307 g/mol. The summed E-state index contributed by atoms with van der Waals surface area (Å²) < 4.78 is 0. The van der Waals surface area contributed by atoms with Gasteiger partial charge in [0.15, 0.2) is 0 Å². The van der Waals surface area contributed by atoms with Crippen LogP contribution in [0, 0.1) is 6.92 Å². The summed E-state index contributed by atoms with van der Waals surface area (Å²) in [7, 11) is 0. The first kappa shape index (κ1) is 16.3. The summed E-state index contributed by atoms with van der Waals surface area (Å²) in [5, 5.41) is 0. The first-order valence-corrected chi connectivity index (χ1v) is 9.14. The second kappa shape index (κ2) is 7.79. The molecule has 122 valence electrons. The van der Waals surface area contributed by atoms with Crippen molar-refractivity contribution in [1.29, 1.82) is 0 Å². The fourth-order valence-corrected chi connectivity index (χ4v) is 3.67. The highest BCUT2D eigenvalue weighted by Crippen LogP contribution is 2.30. The van der Waals surface area contributed by atoms with E-state index in [2.05, 4.69) is 67.3 Å². The normalized spacial score (nSPS) is 16.6. The van der Waals surface area contributed by atoms with Gasteiger partial charge in [-0.05, 0) is 68.9 Å². The molecule has 0 N–H and O–H groups in total. The molecule has 1 heterocycles. The molecule has 1 heteroatoms. The van der Waals surface area contributed by atoms with Gasteiger partial charge in [0, 0.05) is 5.92 Å². The van der Waals surface area contributed by atoms with Gasteiger partial charge in [-0.2, -0.15) is 0 Å². The molecule has 0 spiro atoms. The molecule has 0 saturated carbocycles. The molecule has 3 rings (SSSR count). The molecule has 1 atom stereocenters. The molecule has 1 saturated heterocycles. The second-order valence-electron chi connectivity index (χ2n) is 6.90. The smallest absolute Gasteiger partial charge is 0.0102 e. The average Bonchev–Trinajstić information content (AvgIpc) is 3.10. The van der Waals surface area contributed by atoms with Crippen molar-refractivity contribution in [3.63, 3.8) is 0 Å². The SMILES string of the molecule is CCc1cccc([C@@H](CCN2CCCC2)c2ccc(C)cc2)c1. The zero-order chi connectivity index (χ0) is 16.1. The van der Waals surface area contributed by atoms with Gasteiger partial charge < -0.3 is 4.90 Å². The van der Waals surface area contributed by atoms with Crippen LogP contribution in [0.2, 0.25) is 0 Å². The summed E-state index contributed by atoms with van der Waals surface area (Å²) in [6.07, 6.45) is 5.08. The maximum atomic E-state index is 2.63. The lowest BCUT2D eigenvalue weighted by atomic mass is 9.87. The van der Waals surface area contributed by atoms with Gasteiger partial charge in [-0.3, -0.25) is 0 Å². The van der Waals surface area contributed by atoms with Crippen molar-refractivity contribution < 1.29 is 0 Å². The lowest BCUT2D eigenvalue weighted by Gasteiger charge is -2.22. The highest BCUT2D eigenvalue weighted by molar-refractivity contribution is 5.36. The van der Waals surface area contributed by atoms with Gasteiger partial charge in [0.05, 0.1) is 0 Å². The second-order valence-corrected chi connectivity index (χ2v) is 6.90. The Morgan fingerprint density at radius 2 is 1.70 bits per heavy atom. The molecule has 0 bridgehead atoms. The van der Waals surface area contributed by atoms with Gasteiger partial charge >= 0.3 is 0 Å². The predicted molar refractivity (Wildman–Crippen MR) is 99.1 cm³/mol. The third-order valence-corrected chi connectivity index (χ3v) is 5.17. The molecule has 1 fully saturated rings.